The highest BCUT2D eigenvalue weighted by Crippen LogP contribution is 2.15. The van der Waals surface area contributed by atoms with Crippen molar-refractivity contribution < 1.29 is 0 Å². The van der Waals surface area contributed by atoms with Gasteiger partial charge in [0.2, 0.25) is 0 Å². The van der Waals surface area contributed by atoms with Crippen LogP contribution in [0.1, 0.15) is 39.5 Å². The van der Waals surface area contributed by atoms with Gasteiger partial charge in [-0.2, -0.15) is 0 Å². The van der Waals surface area contributed by atoms with Gasteiger partial charge in [0, 0.05) is 0 Å². The van der Waals surface area contributed by atoms with Gasteiger partial charge in [-0.25, -0.2) is 0 Å². The smallest absolute Gasteiger partial charge is 0.0533 e. The van der Waals surface area contributed by atoms with Crippen molar-refractivity contribution in [3.05, 3.63) is 36.4 Å². The molecule has 0 unspecified atom stereocenters. The molecule has 1 aromatic rings. The zero-order chi connectivity index (χ0) is 7.78. The number of benzene rings is 1. The van der Waals surface area contributed by atoms with Crippen LogP contribution >= 0.6 is 0 Å². The Labute approximate surface area is 76.6 Å². The van der Waals surface area contributed by atoms with Crippen molar-refractivity contribution in [3.63, 3.8) is 0 Å². The maximum absolute atomic E-state index is 2.00. The van der Waals surface area contributed by atoms with Crippen molar-refractivity contribution in [1.29, 1.82) is 0 Å². The average molecular weight is 164 g/mol. The Kier molecular flexibility index (Phi) is 7.78. The van der Waals surface area contributed by atoms with Crippen LogP contribution < -0.4 is 0 Å². The molecule has 1 fully saturated rings. The van der Waals surface area contributed by atoms with E-state index >= 15 is 0 Å². The molecule has 0 saturated heterocycles. The van der Waals surface area contributed by atoms with Gasteiger partial charge in [0.15, 0.2) is 0 Å². The summed E-state index contributed by atoms with van der Waals surface area (Å²) < 4.78 is 0. The Morgan fingerprint density at radius 1 is 0.417 bits per heavy atom. The van der Waals surface area contributed by atoms with Crippen molar-refractivity contribution in [3.8, 4) is 0 Å². The minimum Gasteiger partial charge on any atom is -0.0776 e. The highest BCUT2D eigenvalue weighted by atomic mass is 14.0. The molecular weight excluding hydrogens is 144 g/mol. The highest BCUT2D eigenvalue weighted by molar-refractivity contribution is 4.99. The average Bonchev–Trinajstić information content (AvgIpc) is 2.64. The molecule has 1 aromatic carbocycles. The molecule has 0 amide bonds. The normalized spacial score (nSPS) is 14.0. The Bertz CT molecular complexity index is 117. The molecule has 1 aliphatic carbocycles. The fourth-order valence-electron chi connectivity index (χ4n) is 1.27. The summed E-state index contributed by atoms with van der Waals surface area (Å²) in [5.41, 5.74) is 0. The summed E-state index contributed by atoms with van der Waals surface area (Å²) in [4.78, 5) is 0. The van der Waals surface area contributed by atoms with Gasteiger partial charge < -0.3 is 0 Å². The van der Waals surface area contributed by atoms with Crippen LogP contribution in [0.15, 0.2) is 36.4 Å². The lowest BCUT2D eigenvalue weighted by Gasteiger charge is -1.69. The van der Waals surface area contributed by atoms with Gasteiger partial charge in [-0.1, -0.05) is 75.9 Å². The van der Waals surface area contributed by atoms with E-state index in [4.69, 9.17) is 0 Å². The van der Waals surface area contributed by atoms with E-state index in [0.717, 1.165) is 0 Å². The Morgan fingerprint density at radius 3 is 0.750 bits per heavy atom. The van der Waals surface area contributed by atoms with Gasteiger partial charge in [0.25, 0.3) is 0 Å². The third kappa shape index (κ3) is 5.96. The second-order valence-electron chi connectivity index (χ2n) is 2.92. The van der Waals surface area contributed by atoms with Crippen LogP contribution in [-0.2, 0) is 0 Å². The third-order valence-electron chi connectivity index (χ3n) is 1.92. The van der Waals surface area contributed by atoms with Gasteiger partial charge in [0.1, 0.15) is 0 Å². The van der Waals surface area contributed by atoms with Gasteiger partial charge in [0.05, 0.1) is 0 Å². The van der Waals surface area contributed by atoms with E-state index in [0.29, 0.717) is 0 Å². The van der Waals surface area contributed by atoms with Gasteiger partial charge in [-0.15, -0.1) is 0 Å². The minimum absolute atomic E-state index is 0. The molecule has 0 atom stereocenters. The van der Waals surface area contributed by atoms with Gasteiger partial charge >= 0.3 is 0 Å². The van der Waals surface area contributed by atoms with E-state index < -0.39 is 0 Å². The SMILES string of the molecule is C.C1CCCC1.c1ccccc1. The summed E-state index contributed by atoms with van der Waals surface area (Å²) >= 11 is 0. The Morgan fingerprint density at radius 2 is 0.583 bits per heavy atom. The molecule has 0 nitrogen and oxygen atoms in total. The Hall–Kier alpha value is -0.780. The maximum Gasteiger partial charge on any atom is -0.0533 e. The molecule has 1 saturated carbocycles. The Balaban J connectivity index is 0.000000189. The van der Waals surface area contributed by atoms with E-state index in [2.05, 4.69) is 0 Å². The van der Waals surface area contributed by atoms with Gasteiger partial charge in [-0.05, 0) is 0 Å². The van der Waals surface area contributed by atoms with Crippen LogP contribution in [0.4, 0.5) is 0 Å². The predicted octanol–water partition coefficient (Wildman–Crippen LogP) is 4.27. The lowest BCUT2D eigenvalue weighted by atomic mass is 10.4. The lowest BCUT2D eigenvalue weighted by Crippen LogP contribution is -1.47. The van der Waals surface area contributed by atoms with E-state index in [1.165, 1.54) is 32.1 Å². The standard InChI is InChI=1S/C6H6.C5H10.CH4/c1-2-4-6-5-3-1;1-2-4-5-3-1;/h1-6H;1-5H2;1H4. The lowest BCUT2D eigenvalue weighted by molar-refractivity contribution is 0.886. The van der Waals surface area contributed by atoms with E-state index in [9.17, 15) is 0 Å². The summed E-state index contributed by atoms with van der Waals surface area (Å²) in [5, 5.41) is 0. The monoisotopic (exact) mass is 164 g/mol. The fourth-order valence-corrected chi connectivity index (χ4v) is 1.27. The molecule has 0 aliphatic heterocycles. The van der Waals surface area contributed by atoms with Crippen molar-refractivity contribution in [2.75, 3.05) is 0 Å². The summed E-state index contributed by atoms with van der Waals surface area (Å²) in [6.07, 6.45) is 7.50. The van der Waals surface area contributed by atoms with E-state index in [-0.39, 0.29) is 7.43 Å². The van der Waals surface area contributed by atoms with Crippen molar-refractivity contribution in [1.82, 2.24) is 0 Å². The number of hydrogen-bond acceptors (Lipinski definition) is 0. The first-order chi connectivity index (χ1) is 5.50. The predicted molar refractivity (Wildman–Crippen MR) is 56.3 cm³/mol. The van der Waals surface area contributed by atoms with Crippen LogP contribution in [0.2, 0.25) is 0 Å². The molecule has 0 aromatic heterocycles. The first-order valence-electron chi connectivity index (χ1n) is 4.50. The summed E-state index contributed by atoms with van der Waals surface area (Å²) in [6, 6.07) is 12.0. The fraction of sp³-hybridized carbons (Fsp3) is 0.500. The minimum atomic E-state index is 0. The summed E-state index contributed by atoms with van der Waals surface area (Å²) in [6.45, 7) is 0. The second kappa shape index (κ2) is 8.32. The number of hydrogen-bond donors (Lipinski definition) is 0. The molecule has 12 heavy (non-hydrogen) atoms. The molecule has 0 radical (unpaired) electrons. The quantitative estimate of drug-likeness (QED) is 0.537. The molecule has 1 aliphatic rings. The van der Waals surface area contributed by atoms with Crippen LogP contribution in [0.25, 0.3) is 0 Å². The molecule has 0 N–H and O–H groups in total. The molecule has 68 valence electrons. The van der Waals surface area contributed by atoms with Crippen molar-refractivity contribution in [2.45, 2.75) is 39.5 Å². The molecule has 0 spiro atoms. The highest BCUT2D eigenvalue weighted by Gasteiger charge is 1.95. The summed E-state index contributed by atoms with van der Waals surface area (Å²) in [5.74, 6) is 0. The zero-order valence-corrected chi connectivity index (χ0v) is 7.00. The second-order valence-corrected chi connectivity index (χ2v) is 2.92. The van der Waals surface area contributed by atoms with Crippen LogP contribution in [0.5, 0.6) is 0 Å². The van der Waals surface area contributed by atoms with Crippen molar-refractivity contribution >= 4 is 0 Å². The largest absolute Gasteiger partial charge is 0.0776 e. The van der Waals surface area contributed by atoms with Crippen molar-refractivity contribution in [2.24, 2.45) is 0 Å². The first-order valence-corrected chi connectivity index (χ1v) is 4.50. The molecule has 0 heteroatoms. The zero-order valence-electron chi connectivity index (χ0n) is 7.00. The van der Waals surface area contributed by atoms with Crippen LogP contribution in [-0.4, -0.2) is 0 Å². The van der Waals surface area contributed by atoms with Gasteiger partial charge in [-0.3, -0.25) is 0 Å². The molecule has 0 bridgehead atoms. The molecule has 2 rings (SSSR count). The summed E-state index contributed by atoms with van der Waals surface area (Å²) in [7, 11) is 0. The van der Waals surface area contributed by atoms with Crippen LogP contribution in [0.3, 0.4) is 0 Å². The van der Waals surface area contributed by atoms with E-state index in [1.807, 2.05) is 36.4 Å². The third-order valence-corrected chi connectivity index (χ3v) is 1.92. The first kappa shape index (κ1) is 11.2. The van der Waals surface area contributed by atoms with Crippen LogP contribution in [0, 0.1) is 0 Å². The topological polar surface area (TPSA) is 0 Å². The number of rotatable bonds is 0. The maximum atomic E-state index is 2.00. The molecular formula is C12H20. The van der Waals surface area contributed by atoms with E-state index in [1.54, 1.807) is 0 Å². The molecule has 0 heterocycles.